The molecule has 0 spiro atoms. The van der Waals surface area contributed by atoms with Gasteiger partial charge in [-0.05, 0) is 43.4 Å². The van der Waals surface area contributed by atoms with Gasteiger partial charge >= 0.3 is 6.36 Å². The number of nitrogens with two attached hydrogens (primary N) is 1. The summed E-state index contributed by atoms with van der Waals surface area (Å²) in [6.45, 7) is 2.36. The summed E-state index contributed by atoms with van der Waals surface area (Å²) in [4.78, 5) is 14.0. The second-order valence-electron chi connectivity index (χ2n) is 5.58. The van der Waals surface area contributed by atoms with Gasteiger partial charge in [0.15, 0.2) is 5.76 Å². The number of nitrogens with one attached hydrogen (secondary N) is 1. The highest BCUT2D eigenvalue weighted by atomic mass is 19.4. The summed E-state index contributed by atoms with van der Waals surface area (Å²) in [7, 11) is 1.90. The SMILES string of the molecule is CN(CCN)CCNC(=O)c1ccc(-c2ccc(OC(F)(F)F)cc2)o1. The van der Waals surface area contributed by atoms with E-state index in [1.165, 1.54) is 30.3 Å². The number of hydrogen-bond acceptors (Lipinski definition) is 5. The van der Waals surface area contributed by atoms with Crippen LogP contribution in [-0.2, 0) is 0 Å². The van der Waals surface area contributed by atoms with Crippen molar-refractivity contribution in [2.45, 2.75) is 6.36 Å². The van der Waals surface area contributed by atoms with Gasteiger partial charge in [-0.3, -0.25) is 4.79 Å². The molecule has 6 nitrogen and oxygen atoms in total. The van der Waals surface area contributed by atoms with Crippen LogP contribution in [0, 0.1) is 0 Å². The molecule has 0 saturated heterocycles. The van der Waals surface area contributed by atoms with E-state index in [4.69, 9.17) is 10.2 Å². The van der Waals surface area contributed by atoms with Gasteiger partial charge in [0.25, 0.3) is 5.91 Å². The van der Waals surface area contributed by atoms with Crippen LogP contribution in [0.15, 0.2) is 40.8 Å². The lowest BCUT2D eigenvalue weighted by Gasteiger charge is -2.15. The Labute approximate surface area is 148 Å². The molecule has 0 bridgehead atoms. The maximum atomic E-state index is 12.2. The van der Waals surface area contributed by atoms with E-state index >= 15 is 0 Å². The third-order valence-corrected chi connectivity index (χ3v) is 3.49. The number of carbonyl (C=O) groups is 1. The number of benzene rings is 1. The molecule has 1 heterocycles. The number of hydrogen-bond donors (Lipinski definition) is 2. The van der Waals surface area contributed by atoms with Gasteiger partial charge in [-0.2, -0.15) is 0 Å². The highest BCUT2D eigenvalue weighted by molar-refractivity contribution is 5.92. The van der Waals surface area contributed by atoms with Crippen LogP contribution < -0.4 is 15.8 Å². The van der Waals surface area contributed by atoms with Crippen molar-refractivity contribution in [1.29, 1.82) is 0 Å². The third-order valence-electron chi connectivity index (χ3n) is 3.49. The highest BCUT2D eigenvalue weighted by Crippen LogP contribution is 2.27. The number of nitrogens with zero attached hydrogens (tertiary/aromatic N) is 1. The zero-order valence-corrected chi connectivity index (χ0v) is 14.2. The van der Waals surface area contributed by atoms with Crippen molar-refractivity contribution in [3.05, 3.63) is 42.2 Å². The number of amides is 1. The van der Waals surface area contributed by atoms with E-state index in [0.717, 1.165) is 6.54 Å². The van der Waals surface area contributed by atoms with Gasteiger partial charge < -0.3 is 25.1 Å². The fraction of sp³-hybridized carbons (Fsp3) is 0.353. The summed E-state index contributed by atoms with van der Waals surface area (Å²) in [5.41, 5.74) is 5.97. The monoisotopic (exact) mass is 371 g/mol. The molecule has 3 N–H and O–H groups in total. The van der Waals surface area contributed by atoms with Crippen LogP contribution in [0.4, 0.5) is 13.2 Å². The molecule has 1 aromatic heterocycles. The Morgan fingerprint density at radius 3 is 2.50 bits per heavy atom. The van der Waals surface area contributed by atoms with E-state index in [-0.39, 0.29) is 17.4 Å². The van der Waals surface area contributed by atoms with Gasteiger partial charge in [0.2, 0.25) is 0 Å². The topological polar surface area (TPSA) is 80.7 Å². The number of furan rings is 1. The average Bonchev–Trinajstić information content (AvgIpc) is 3.04. The molecule has 142 valence electrons. The molecule has 0 fully saturated rings. The molecule has 0 aliphatic rings. The second kappa shape index (κ2) is 8.72. The predicted octanol–water partition coefficient (Wildman–Crippen LogP) is 2.47. The van der Waals surface area contributed by atoms with Crippen molar-refractivity contribution in [1.82, 2.24) is 10.2 Å². The first kappa shape index (κ1) is 19.8. The van der Waals surface area contributed by atoms with Gasteiger partial charge in [-0.15, -0.1) is 13.2 Å². The van der Waals surface area contributed by atoms with Crippen molar-refractivity contribution >= 4 is 5.91 Å². The minimum atomic E-state index is -4.74. The smallest absolute Gasteiger partial charge is 0.451 e. The zero-order chi connectivity index (χ0) is 19.2. The summed E-state index contributed by atoms with van der Waals surface area (Å²) in [5.74, 6) is -0.201. The van der Waals surface area contributed by atoms with E-state index < -0.39 is 6.36 Å². The van der Waals surface area contributed by atoms with E-state index in [0.29, 0.717) is 31.0 Å². The van der Waals surface area contributed by atoms with Crippen molar-refractivity contribution in [2.24, 2.45) is 5.73 Å². The molecule has 0 atom stereocenters. The normalized spacial score (nSPS) is 11.6. The van der Waals surface area contributed by atoms with Gasteiger partial charge in [0.05, 0.1) is 0 Å². The van der Waals surface area contributed by atoms with E-state index in [9.17, 15) is 18.0 Å². The lowest BCUT2D eigenvalue weighted by molar-refractivity contribution is -0.274. The lowest BCUT2D eigenvalue weighted by Crippen LogP contribution is -2.35. The third kappa shape index (κ3) is 6.08. The second-order valence-corrected chi connectivity index (χ2v) is 5.58. The standard InChI is InChI=1S/C17H20F3N3O3/c1-23(10-8-21)11-9-22-16(24)15-7-6-14(25-15)12-2-4-13(5-3-12)26-17(18,19)20/h2-7H,8-11,21H2,1H3,(H,22,24). The number of carbonyl (C=O) groups excluding carboxylic acids is 1. The van der Waals surface area contributed by atoms with E-state index in [1.807, 2.05) is 11.9 Å². The number of halogens is 3. The van der Waals surface area contributed by atoms with Crippen LogP contribution in [-0.4, -0.2) is 50.4 Å². The molecule has 0 unspecified atom stereocenters. The van der Waals surface area contributed by atoms with Crippen LogP contribution in [0.25, 0.3) is 11.3 Å². The Kier molecular flexibility index (Phi) is 6.64. The highest BCUT2D eigenvalue weighted by Gasteiger charge is 2.31. The lowest BCUT2D eigenvalue weighted by atomic mass is 10.2. The van der Waals surface area contributed by atoms with Gasteiger partial charge in [0, 0.05) is 31.7 Å². The first-order valence-corrected chi connectivity index (χ1v) is 7.91. The quantitative estimate of drug-likeness (QED) is 0.745. The Morgan fingerprint density at radius 2 is 1.88 bits per heavy atom. The molecule has 1 amide bonds. The molecule has 0 radical (unpaired) electrons. The van der Waals surface area contributed by atoms with Crippen LogP contribution in [0.5, 0.6) is 5.75 Å². The number of alkyl halides is 3. The zero-order valence-electron chi connectivity index (χ0n) is 14.2. The molecular weight excluding hydrogens is 351 g/mol. The Bertz CT molecular complexity index is 714. The molecular formula is C17H20F3N3O3. The van der Waals surface area contributed by atoms with Crippen LogP contribution >= 0.6 is 0 Å². The van der Waals surface area contributed by atoms with E-state index in [2.05, 4.69) is 10.1 Å². The maximum Gasteiger partial charge on any atom is 0.573 e. The van der Waals surface area contributed by atoms with Gasteiger partial charge in [0.1, 0.15) is 11.5 Å². The largest absolute Gasteiger partial charge is 0.573 e. The van der Waals surface area contributed by atoms with Crippen molar-refractivity contribution in [3.63, 3.8) is 0 Å². The molecule has 26 heavy (non-hydrogen) atoms. The molecule has 1 aromatic carbocycles. The Morgan fingerprint density at radius 1 is 1.19 bits per heavy atom. The van der Waals surface area contributed by atoms with Crippen molar-refractivity contribution in [3.8, 4) is 17.1 Å². The number of ether oxygens (including phenoxy) is 1. The fourth-order valence-electron chi connectivity index (χ4n) is 2.22. The summed E-state index contributed by atoms with van der Waals surface area (Å²) in [5, 5.41) is 2.73. The van der Waals surface area contributed by atoms with E-state index in [1.54, 1.807) is 6.07 Å². The summed E-state index contributed by atoms with van der Waals surface area (Å²) in [6.07, 6.45) is -4.74. The molecule has 2 rings (SSSR count). The molecule has 0 aliphatic heterocycles. The van der Waals surface area contributed by atoms with Crippen molar-refractivity contribution in [2.75, 3.05) is 33.2 Å². The number of rotatable bonds is 8. The molecule has 0 aliphatic carbocycles. The van der Waals surface area contributed by atoms with Crippen LogP contribution in [0.3, 0.4) is 0 Å². The minimum Gasteiger partial charge on any atom is -0.451 e. The first-order valence-electron chi connectivity index (χ1n) is 7.91. The average molecular weight is 371 g/mol. The molecule has 9 heteroatoms. The Hall–Kier alpha value is -2.52. The molecule has 2 aromatic rings. The van der Waals surface area contributed by atoms with Crippen molar-refractivity contribution < 1.29 is 27.1 Å². The van der Waals surface area contributed by atoms with Crippen LogP contribution in [0.2, 0.25) is 0 Å². The minimum absolute atomic E-state index is 0.122. The summed E-state index contributed by atoms with van der Waals surface area (Å²) in [6, 6.07) is 8.28. The van der Waals surface area contributed by atoms with Crippen LogP contribution in [0.1, 0.15) is 10.6 Å². The fourth-order valence-corrected chi connectivity index (χ4v) is 2.22. The summed E-state index contributed by atoms with van der Waals surface area (Å²) >= 11 is 0. The first-order chi connectivity index (χ1) is 12.3. The maximum absolute atomic E-state index is 12.2. The summed E-state index contributed by atoms with van der Waals surface area (Å²) < 4.78 is 45.8. The molecule has 0 saturated carbocycles. The Balaban J connectivity index is 1.93. The van der Waals surface area contributed by atoms with Gasteiger partial charge in [-0.1, -0.05) is 0 Å². The van der Waals surface area contributed by atoms with Gasteiger partial charge in [-0.25, -0.2) is 0 Å². The predicted molar refractivity (Wildman–Crippen MR) is 89.7 cm³/mol. The number of likely N-dealkylation sites (N-methyl/N-ethyl adjacent to an activating group) is 1.